The molecule has 3 aliphatic rings. The minimum atomic E-state index is -0.0815. The maximum atomic E-state index is 12.9. The third kappa shape index (κ3) is 4.07. The molecular weight excluding hydrogens is 320 g/mol. The quantitative estimate of drug-likeness (QED) is 0.811. The highest BCUT2D eigenvalue weighted by Gasteiger charge is 2.34. The Hall–Kier alpha value is -1.19. The molecule has 1 N–H and O–H groups in total. The Morgan fingerprint density at radius 2 is 2.21 bits per heavy atom. The molecule has 3 unspecified atom stereocenters. The number of ketones is 1. The van der Waals surface area contributed by atoms with Gasteiger partial charge in [-0.1, -0.05) is 36.6 Å². The summed E-state index contributed by atoms with van der Waals surface area (Å²) in [5.74, 6) is 0.740. The maximum absolute atomic E-state index is 12.9. The van der Waals surface area contributed by atoms with Crippen molar-refractivity contribution in [2.75, 3.05) is 7.05 Å². The van der Waals surface area contributed by atoms with Crippen molar-refractivity contribution in [3.63, 3.8) is 0 Å². The number of aliphatic imine (C=N–C) groups is 1. The van der Waals surface area contributed by atoms with Crippen LogP contribution in [0.3, 0.4) is 0 Å². The van der Waals surface area contributed by atoms with E-state index < -0.39 is 0 Å². The number of hydrogen-bond donors (Lipinski definition) is 1. The van der Waals surface area contributed by atoms with E-state index in [0.29, 0.717) is 18.4 Å². The van der Waals surface area contributed by atoms with Crippen molar-refractivity contribution in [1.29, 1.82) is 0 Å². The van der Waals surface area contributed by atoms with E-state index in [0.717, 1.165) is 36.3 Å². The van der Waals surface area contributed by atoms with Crippen molar-refractivity contribution in [3.05, 3.63) is 35.0 Å². The van der Waals surface area contributed by atoms with Gasteiger partial charge in [-0.15, -0.1) is 0 Å². The normalized spacial score (nSPS) is 33.1. The largest absolute Gasteiger partial charge is 0.317 e. The summed E-state index contributed by atoms with van der Waals surface area (Å²) in [4.78, 5) is 17.3. The molecule has 0 aromatic rings. The maximum Gasteiger partial charge on any atom is 0.160 e. The highest BCUT2D eigenvalue weighted by Crippen LogP contribution is 2.39. The first-order valence-corrected chi connectivity index (χ1v) is 9.46. The van der Waals surface area contributed by atoms with Crippen molar-refractivity contribution >= 4 is 23.6 Å². The summed E-state index contributed by atoms with van der Waals surface area (Å²) in [6.07, 6.45) is 17.9. The zero-order valence-electron chi connectivity index (χ0n) is 14.4. The summed E-state index contributed by atoms with van der Waals surface area (Å²) in [6, 6.07) is 0.479. The van der Waals surface area contributed by atoms with E-state index in [4.69, 9.17) is 11.6 Å². The van der Waals surface area contributed by atoms with E-state index in [9.17, 15) is 4.79 Å². The minimum Gasteiger partial charge on any atom is -0.317 e. The third-order valence-electron chi connectivity index (χ3n) is 5.71. The first-order chi connectivity index (χ1) is 11.6. The lowest BCUT2D eigenvalue weighted by atomic mass is 9.74. The fourth-order valence-electron chi connectivity index (χ4n) is 4.24. The number of rotatable bonds is 4. The first-order valence-electron chi connectivity index (χ1n) is 9.08. The molecule has 2 aliphatic carbocycles. The van der Waals surface area contributed by atoms with Crippen molar-refractivity contribution in [1.82, 2.24) is 5.32 Å². The van der Waals surface area contributed by atoms with Crippen molar-refractivity contribution in [3.8, 4) is 0 Å². The number of halogens is 1. The standard InChI is InChI=1S/C20H27ClN2O/c1-22-18-7-3-2-5-15(18)11-19(24)16-12-20(14-23-13-16)9-4-6-17(21)8-10-20/h4,6,8,13-15,18,22H,2-3,5,7,9-12H2,1H3. The topological polar surface area (TPSA) is 41.5 Å². The fourth-order valence-corrected chi connectivity index (χ4v) is 4.40. The molecule has 4 heteroatoms. The summed E-state index contributed by atoms with van der Waals surface area (Å²) in [7, 11) is 2.01. The highest BCUT2D eigenvalue weighted by molar-refractivity contribution is 6.31. The molecule has 0 aromatic heterocycles. The predicted octanol–water partition coefficient (Wildman–Crippen LogP) is 4.54. The van der Waals surface area contributed by atoms with E-state index in [1.54, 1.807) is 6.20 Å². The second-order valence-corrected chi connectivity index (χ2v) is 7.87. The Morgan fingerprint density at radius 3 is 3.04 bits per heavy atom. The fraction of sp³-hybridized carbons (Fsp3) is 0.600. The molecule has 0 aromatic carbocycles. The molecule has 3 rings (SSSR count). The molecule has 0 saturated heterocycles. The van der Waals surface area contributed by atoms with Crippen molar-refractivity contribution in [2.24, 2.45) is 16.3 Å². The van der Waals surface area contributed by atoms with E-state index in [2.05, 4.69) is 16.4 Å². The predicted molar refractivity (Wildman–Crippen MR) is 100 cm³/mol. The molecule has 1 fully saturated rings. The van der Waals surface area contributed by atoms with Gasteiger partial charge in [0.1, 0.15) is 0 Å². The average molecular weight is 347 g/mol. The van der Waals surface area contributed by atoms with Crippen LogP contribution in [0.25, 0.3) is 0 Å². The van der Waals surface area contributed by atoms with Crippen molar-refractivity contribution < 1.29 is 4.79 Å². The van der Waals surface area contributed by atoms with Gasteiger partial charge in [0.15, 0.2) is 5.78 Å². The molecule has 0 bridgehead atoms. The molecule has 3 atom stereocenters. The first kappa shape index (κ1) is 17.6. The smallest absolute Gasteiger partial charge is 0.160 e. The van der Waals surface area contributed by atoms with Crippen LogP contribution in [0.1, 0.15) is 51.4 Å². The zero-order valence-corrected chi connectivity index (χ0v) is 15.2. The SMILES string of the molecule is CNC1CCCCC1CC(=O)C1=CN=CC2(CC=CC(Cl)=CC2)C1. The molecule has 1 spiro atoms. The molecule has 1 saturated carbocycles. The van der Waals surface area contributed by atoms with Crippen LogP contribution in [0, 0.1) is 11.3 Å². The van der Waals surface area contributed by atoms with Gasteiger partial charge in [0, 0.05) is 40.9 Å². The van der Waals surface area contributed by atoms with Crippen LogP contribution in [-0.4, -0.2) is 25.1 Å². The summed E-state index contributed by atoms with van der Waals surface area (Å²) >= 11 is 6.12. The Labute approximate surface area is 149 Å². The second kappa shape index (κ2) is 7.79. The lowest BCUT2D eigenvalue weighted by Crippen LogP contribution is -2.37. The Morgan fingerprint density at radius 1 is 1.38 bits per heavy atom. The lowest BCUT2D eigenvalue weighted by molar-refractivity contribution is -0.117. The molecule has 130 valence electrons. The zero-order chi connectivity index (χ0) is 17.0. The highest BCUT2D eigenvalue weighted by atomic mass is 35.5. The van der Waals surface area contributed by atoms with Crippen LogP contribution >= 0.6 is 11.6 Å². The number of carbonyl (C=O) groups excluding carboxylic acids is 1. The Balaban J connectivity index is 1.66. The Bertz CT molecular complexity index is 605. The van der Waals surface area contributed by atoms with E-state index in [-0.39, 0.29) is 11.2 Å². The van der Waals surface area contributed by atoms with Gasteiger partial charge in [0.25, 0.3) is 0 Å². The molecule has 24 heavy (non-hydrogen) atoms. The summed E-state index contributed by atoms with van der Waals surface area (Å²) < 4.78 is 0. The molecule has 1 aliphatic heterocycles. The van der Waals surface area contributed by atoms with E-state index in [1.165, 1.54) is 19.3 Å². The van der Waals surface area contributed by atoms with Crippen LogP contribution in [-0.2, 0) is 4.79 Å². The molecule has 0 amide bonds. The number of nitrogens with one attached hydrogen (secondary N) is 1. The van der Waals surface area contributed by atoms with Gasteiger partial charge in [-0.05, 0) is 51.1 Å². The van der Waals surface area contributed by atoms with Gasteiger partial charge in [0.2, 0.25) is 0 Å². The Kier molecular flexibility index (Phi) is 5.72. The number of nitrogens with zero attached hydrogens (tertiary/aromatic N) is 1. The number of carbonyl (C=O) groups is 1. The van der Waals surface area contributed by atoms with Crippen molar-refractivity contribution in [2.45, 2.75) is 57.4 Å². The van der Waals surface area contributed by atoms with E-state index >= 15 is 0 Å². The van der Waals surface area contributed by atoms with Gasteiger partial charge in [-0.25, -0.2) is 0 Å². The summed E-state index contributed by atoms with van der Waals surface area (Å²) in [6.45, 7) is 0. The van der Waals surface area contributed by atoms with Crippen LogP contribution in [0.4, 0.5) is 0 Å². The van der Waals surface area contributed by atoms with Crippen LogP contribution in [0.5, 0.6) is 0 Å². The minimum absolute atomic E-state index is 0.0815. The van der Waals surface area contributed by atoms with Crippen LogP contribution in [0.15, 0.2) is 40.0 Å². The van der Waals surface area contributed by atoms with Gasteiger partial charge in [-0.3, -0.25) is 9.79 Å². The van der Waals surface area contributed by atoms with Gasteiger partial charge in [0.05, 0.1) is 0 Å². The second-order valence-electron chi connectivity index (χ2n) is 7.44. The van der Waals surface area contributed by atoms with E-state index in [1.807, 2.05) is 25.4 Å². The average Bonchev–Trinajstić information content (AvgIpc) is 2.77. The molecule has 3 nitrogen and oxygen atoms in total. The van der Waals surface area contributed by atoms with Crippen LogP contribution < -0.4 is 5.32 Å². The van der Waals surface area contributed by atoms with Gasteiger partial charge < -0.3 is 5.32 Å². The number of allylic oxidation sites excluding steroid dienone is 5. The summed E-state index contributed by atoms with van der Waals surface area (Å²) in [5.41, 5.74) is 0.805. The molecular formula is C20H27ClN2O. The molecule has 1 heterocycles. The third-order valence-corrected chi connectivity index (χ3v) is 5.99. The number of Topliss-reactive ketones (excluding diaryl/α,β-unsaturated/α-hetero) is 1. The number of hydrogen-bond acceptors (Lipinski definition) is 3. The van der Waals surface area contributed by atoms with Crippen LogP contribution in [0.2, 0.25) is 0 Å². The lowest BCUT2D eigenvalue weighted by Gasteiger charge is -2.33. The van der Waals surface area contributed by atoms with Gasteiger partial charge >= 0.3 is 0 Å². The monoisotopic (exact) mass is 346 g/mol. The summed E-state index contributed by atoms with van der Waals surface area (Å²) in [5, 5.41) is 4.18. The molecule has 0 radical (unpaired) electrons. The van der Waals surface area contributed by atoms with Gasteiger partial charge in [-0.2, -0.15) is 0 Å².